The molecular weight excluding hydrogens is 464 g/mol. The summed E-state index contributed by atoms with van der Waals surface area (Å²) in [7, 11) is 0. The SMILES string of the molecule is Cc1nc2c(CCc3ccccc3)n[nH]c(=O)c2n1Cc1ccc(-c2ccccc2-c2nn[nH]n2)cc1. The van der Waals surface area contributed by atoms with Crippen molar-refractivity contribution >= 4 is 11.0 Å². The summed E-state index contributed by atoms with van der Waals surface area (Å²) >= 11 is 0. The molecule has 2 N–H and O–H groups in total. The predicted octanol–water partition coefficient (Wildman–Crippen LogP) is 4.11. The van der Waals surface area contributed by atoms with Crippen LogP contribution in [0.1, 0.15) is 22.6 Å². The van der Waals surface area contributed by atoms with Crippen LogP contribution < -0.4 is 5.56 Å². The van der Waals surface area contributed by atoms with Crippen molar-refractivity contribution in [1.29, 1.82) is 0 Å². The van der Waals surface area contributed by atoms with Gasteiger partial charge in [0.25, 0.3) is 5.56 Å². The van der Waals surface area contributed by atoms with Crippen LogP contribution in [0.5, 0.6) is 0 Å². The van der Waals surface area contributed by atoms with Gasteiger partial charge in [-0.1, -0.05) is 78.9 Å². The summed E-state index contributed by atoms with van der Waals surface area (Å²) in [5, 5.41) is 21.5. The van der Waals surface area contributed by atoms with Crippen LogP contribution in [0, 0.1) is 6.92 Å². The number of nitrogens with zero attached hydrogens (tertiary/aromatic N) is 6. The first kappa shape index (κ1) is 22.5. The molecule has 3 heterocycles. The zero-order valence-electron chi connectivity index (χ0n) is 20.2. The van der Waals surface area contributed by atoms with Crippen LogP contribution in [0.15, 0.2) is 83.7 Å². The second-order valence-electron chi connectivity index (χ2n) is 8.91. The van der Waals surface area contributed by atoms with E-state index >= 15 is 0 Å². The standard InChI is InChI=1S/C28H24N8O/c1-18-29-25-24(16-13-19-7-3-2-4-8-19)30-33-28(37)26(25)36(18)17-20-11-14-21(15-12-20)22-9-5-6-10-23(22)27-31-34-35-32-27/h2-12,14-15H,13,16-17H2,1H3,(H,33,37)(H,31,32,34,35). The maximum absolute atomic E-state index is 12.8. The summed E-state index contributed by atoms with van der Waals surface area (Å²) in [6.45, 7) is 2.45. The third-order valence-corrected chi connectivity index (χ3v) is 6.55. The van der Waals surface area contributed by atoms with E-state index in [0.717, 1.165) is 40.2 Å². The van der Waals surface area contributed by atoms with Crippen molar-refractivity contribution in [3.63, 3.8) is 0 Å². The molecule has 0 saturated heterocycles. The number of fused-ring (bicyclic) bond motifs is 1. The van der Waals surface area contributed by atoms with Crippen molar-refractivity contribution < 1.29 is 0 Å². The molecule has 3 aromatic heterocycles. The summed E-state index contributed by atoms with van der Waals surface area (Å²) < 4.78 is 1.96. The number of benzene rings is 3. The second-order valence-corrected chi connectivity index (χ2v) is 8.91. The van der Waals surface area contributed by atoms with E-state index in [1.165, 1.54) is 5.56 Å². The Kier molecular flexibility index (Phi) is 5.86. The number of H-pyrrole nitrogens is 2. The molecule has 3 aromatic carbocycles. The Labute approximate surface area is 212 Å². The molecule has 0 unspecified atom stereocenters. The van der Waals surface area contributed by atoms with Gasteiger partial charge in [-0.05, 0) is 47.2 Å². The Morgan fingerprint density at radius 3 is 2.32 bits per heavy atom. The Balaban J connectivity index is 1.29. The lowest BCUT2D eigenvalue weighted by molar-refractivity contribution is 0.779. The second kappa shape index (κ2) is 9.62. The minimum atomic E-state index is -0.232. The lowest BCUT2D eigenvalue weighted by Gasteiger charge is -2.10. The van der Waals surface area contributed by atoms with E-state index < -0.39 is 0 Å². The smallest absolute Gasteiger partial charge is 0.290 e. The highest BCUT2D eigenvalue weighted by molar-refractivity contribution is 5.80. The average Bonchev–Trinajstić information content (AvgIpc) is 3.59. The highest BCUT2D eigenvalue weighted by Gasteiger charge is 2.17. The van der Waals surface area contributed by atoms with E-state index in [2.05, 4.69) is 67.2 Å². The largest absolute Gasteiger partial charge is 0.319 e. The van der Waals surface area contributed by atoms with Gasteiger partial charge in [-0.25, -0.2) is 10.1 Å². The summed E-state index contributed by atoms with van der Waals surface area (Å²) in [4.78, 5) is 17.6. The van der Waals surface area contributed by atoms with Crippen LogP contribution >= 0.6 is 0 Å². The van der Waals surface area contributed by atoms with Crippen LogP contribution in [-0.4, -0.2) is 40.4 Å². The van der Waals surface area contributed by atoms with E-state index in [1.54, 1.807) is 0 Å². The quantitative estimate of drug-likeness (QED) is 0.349. The predicted molar refractivity (Wildman–Crippen MR) is 141 cm³/mol. The summed E-state index contributed by atoms with van der Waals surface area (Å²) in [5.41, 5.74) is 7.05. The molecule has 0 saturated carbocycles. The fourth-order valence-corrected chi connectivity index (χ4v) is 4.67. The number of aryl methyl sites for hydroxylation is 3. The molecule has 6 aromatic rings. The van der Waals surface area contributed by atoms with Crippen LogP contribution in [0.4, 0.5) is 0 Å². The summed E-state index contributed by atoms with van der Waals surface area (Å²) in [5.74, 6) is 1.33. The zero-order valence-corrected chi connectivity index (χ0v) is 20.2. The van der Waals surface area contributed by atoms with E-state index in [4.69, 9.17) is 4.98 Å². The number of rotatable bonds is 7. The number of aromatic nitrogens is 8. The molecule has 0 aliphatic carbocycles. The zero-order chi connectivity index (χ0) is 25.2. The Bertz CT molecular complexity index is 1720. The monoisotopic (exact) mass is 488 g/mol. The highest BCUT2D eigenvalue weighted by atomic mass is 16.1. The molecule has 0 aliphatic heterocycles. The maximum atomic E-state index is 12.8. The van der Waals surface area contributed by atoms with Crippen LogP contribution in [-0.2, 0) is 19.4 Å². The molecule has 0 amide bonds. The number of nitrogens with one attached hydrogen (secondary N) is 2. The topological polar surface area (TPSA) is 118 Å². The lowest BCUT2D eigenvalue weighted by atomic mass is 9.98. The van der Waals surface area contributed by atoms with E-state index in [-0.39, 0.29) is 5.56 Å². The van der Waals surface area contributed by atoms with E-state index in [1.807, 2.05) is 54.0 Å². The Hall–Kier alpha value is -4.92. The molecule has 0 atom stereocenters. The van der Waals surface area contributed by atoms with Gasteiger partial charge in [-0.15, -0.1) is 10.2 Å². The van der Waals surface area contributed by atoms with Crippen molar-refractivity contribution in [2.75, 3.05) is 0 Å². The van der Waals surface area contributed by atoms with E-state index in [0.29, 0.717) is 29.8 Å². The average molecular weight is 489 g/mol. The van der Waals surface area contributed by atoms with Crippen molar-refractivity contribution in [3.05, 3.63) is 112 Å². The molecular formula is C28H24N8O. The molecule has 37 heavy (non-hydrogen) atoms. The molecule has 9 nitrogen and oxygen atoms in total. The molecule has 0 aliphatic rings. The minimum absolute atomic E-state index is 0.232. The van der Waals surface area contributed by atoms with Crippen molar-refractivity contribution in [3.8, 4) is 22.5 Å². The molecule has 0 fully saturated rings. The fourth-order valence-electron chi connectivity index (χ4n) is 4.67. The fraction of sp³-hybridized carbons (Fsp3) is 0.143. The van der Waals surface area contributed by atoms with Crippen molar-refractivity contribution in [2.45, 2.75) is 26.3 Å². The summed E-state index contributed by atoms with van der Waals surface area (Å²) in [6, 6.07) is 26.5. The molecule has 9 heteroatoms. The highest BCUT2D eigenvalue weighted by Crippen LogP contribution is 2.30. The van der Waals surface area contributed by atoms with Gasteiger partial charge < -0.3 is 4.57 Å². The van der Waals surface area contributed by atoms with Crippen LogP contribution in [0.25, 0.3) is 33.5 Å². The molecule has 182 valence electrons. The van der Waals surface area contributed by atoms with Gasteiger partial charge in [0.1, 0.15) is 16.9 Å². The van der Waals surface area contributed by atoms with Gasteiger partial charge in [0, 0.05) is 12.1 Å². The van der Waals surface area contributed by atoms with Crippen LogP contribution in [0.2, 0.25) is 0 Å². The number of imidazole rings is 1. The molecule has 0 radical (unpaired) electrons. The number of aromatic amines is 2. The minimum Gasteiger partial charge on any atom is -0.319 e. The first-order valence-electron chi connectivity index (χ1n) is 12.1. The third kappa shape index (κ3) is 4.42. The van der Waals surface area contributed by atoms with Crippen molar-refractivity contribution in [1.82, 2.24) is 40.4 Å². The third-order valence-electron chi connectivity index (χ3n) is 6.55. The Morgan fingerprint density at radius 1 is 0.811 bits per heavy atom. The summed E-state index contributed by atoms with van der Waals surface area (Å²) in [6.07, 6.45) is 1.52. The number of hydrogen-bond acceptors (Lipinski definition) is 6. The van der Waals surface area contributed by atoms with Gasteiger partial charge in [0.2, 0.25) is 5.82 Å². The first-order chi connectivity index (χ1) is 18.2. The lowest BCUT2D eigenvalue weighted by Crippen LogP contribution is -2.15. The van der Waals surface area contributed by atoms with Gasteiger partial charge in [0.15, 0.2) is 0 Å². The Morgan fingerprint density at radius 2 is 1.57 bits per heavy atom. The maximum Gasteiger partial charge on any atom is 0.290 e. The van der Waals surface area contributed by atoms with E-state index in [9.17, 15) is 4.79 Å². The van der Waals surface area contributed by atoms with Gasteiger partial charge in [0.05, 0.1) is 5.69 Å². The molecule has 6 rings (SSSR count). The van der Waals surface area contributed by atoms with Crippen molar-refractivity contribution in [2.24, 2.45) is 0 Å². The first-order valence-corrected chi connectivity index (χ1v) is 12.1. The normalized spacial score (nSPS) is 11.3. The van der Waals surface area contributed by atoms with Gasteiger partial charge in [-0.3, -0.25) is 4.79 Å². The molecule has 0 spiro atoms. The van der Waals surface area contributed by atoms with Gasteiger partial charge in [-0.2, -0.15) is 10.3 Å². The van der Waals surface area contributed by atoms with Crippen LogP contribution in [0.3, 0.4) is 0 Å². The number of tetrazole rings is 1. The number of hydrogen-bond donors (Lipinski definition) is 2. The van der Waals surface area contributed by atoms with Gasteiger partial charge >= 0.3 is 0 Å². The molecule has 0 bridgehead atoms.